The zero-order valence-corrected chi connectivity index (χ0v) is 13.0. The van der Waals surface area contributed by atoms with E-state index in [2.05, 4.69) is 4.98 Å². The van der Waals surface area contributed by atoms with Crippen molar-refractivity contribution in [1.29, 1.82) is 0 Å². The van der Waals surface area contributed by atoms with Gasteiger partial charge in [-0.1, -0.05) is 0 Å². The summed E-state index contributed by atoms with van der Waals surface area (Å²) in [5, 5.41) is 0.729. The lowest BCUT2D eigenvalue weighted by Crippen LogP contribution is -2.39. The van der Waals surface area contributed by atoms with Crippen LogP contribution in [0.3, 0.4) is 0 Å². The molecule has 2 aliphatic rings. The maximum atomic E-state index is 13.3. The molecule has 0 atom stereocenters. The number of anilines is 1. The normalized spacial score (nSPS) is 19.3. The molecule has 5 heteroatoms. The van der Waals surface area contributed by atoms with Crippen molar-refractivity contribution in [3.05, 3.63) is 35.8 Å². The molecule has 2 N–H and O–H groups in total. The quantitative estimate of drug-likeness (QED) is 0.927. The van der Waals surface area contributed by atoms with Gasteiger partial charge in [0.25, 0.3) is 0 Å². The summed E-state index contributed by atoms with van der Waals surface area (Å²) in [6, 6.07) is 6.38. The van der Waals surface area contributed by atoms with Gasteiger partial charge in [0, 0.05) is 30.3 Å². The number of likely N-dealkylation sites (tertiary alicyclic amines) is 1. The van der Waals surface area contributed by atoms with Gasteiger partial charge in [-0.25, -0.2) is 4.39 Å². The Hall–Kier alpha value is -2.17. The zero-order valence-electron chi connectivity index (χ0n) is 13.0. The number of hydrogen-bond acceptors (Lipinski definition) is 3. The Bertz CT molecular complexity index is 764. The summed E-state index contributed by atoms with van der Waals surface area (Å²) < 4.78 is 13.3. The minimum absolute atomic E-state index is 0.271. The van der Waals surface area contributed by atoms with Crippen molar-refractivity contribution in [1.82, 2.24) is 9.88 Å². The fraction of sp³-hybridized carbons (Fsp3) is 0.444. The monoisotopic (exact) mass is 313 g/mol. The van der Waals surface area contributed by atoms with E-state index in [-0.39, 0.29) is 17.7 Å². The predicted molar refractivity (Wildman–Crippen MR) is 87.4 cm³/mol. The van der Waals surface area contributed by atoms with Crippen LogP contribution in [0, 0.1) is 11.7 Å². The van der Waals surface area contributed by atoms with Crippen molar-refractivity contribution in [3.63, 3.8) is 0 Å². The van der Waals surface area contributed by atoms with Crippen LogP contribution >= 0.6 is 0 Å². The molecule has 1 aromatic carbocycles. The van der Waals surface area contributed by atoms with Gasteiger partial charge in [0.05, 0.1) is 16.9 Å². The number of pyridine rings is 1. The molecular formula is C18H20FN3O. The van der Waals surface area contributed by atoms with Crippen molar-refractivity contribution in [3.8, 4) is 0 Å². The lowest BCUT2D eigenvalue weighted by Gasteiger charge is -2.32. The number of rotatable bonds is 2. The first kappa shape index (κ1) is 14.4. The zero-order chi connectivity index (χ0) is 16.0. The molecule has 0 bridgehead atoms. The predicted octanol–water partition coefficient (Wildman–Crippen LogP) is 3.07. The maximum Gasteiger partial charge on any atom is 0.225 e. The highest BCUT2D eigenvalue weighted by atomic mass is 19.1. The second-order valence-electron chi connectivity index (χ2n) is 6.67. The number of benzene rings is 1. The maximum absolute atomic E-state index is 13.3. The Labute approximate surface area is 134 Å². The van der Waals surface area contributed by atoms with E-state index in [1.165, 1.54) is 12.1 Å². The summed E-state index contributed by atoms with van der Waals surface area (Å²) >= 11 is 0. The van der Waals surface area contributed by atoms with E-state index in [9.17, 15) is 9.18 Å². The standard InChI is InChI=1S/C18H20FN3O/c19-14-3-4-16-13(9-14)10-15(20)17(21-16)11-5-7-22(8-6-11)18(23)12-1-2-12/h3-4,9-12H,1-2,5-8,20H2. The van der Waals surface area contributed by atoms with E-state index in [1.54, 1.807) is 6.07 Å². The number of fused-ring (bicyclic) bond motifs is 1. The molecule has 1 saturated carbocycles. The van der Waals surface area contributed by atoms with Gasteiger partial charge < -0.3 is 10.6 Å². The van der Waals surface area contributed by atoms with Crippen LogP contribution in [0.5, 0.6) is 0 Å². The topological polar surface area (TPSA) is 59.2 Å². The second kappa shape index (κ2) is 5.48. The first-order valence-electron chi connectivity index (χ1n) is 8.26. The number of amides is 1. The first-order chi connectivity index (χ1) is 11.1. The summed E-state index contributed by atoms with van der Waals surface area (Å²) in [6.45, 7) is 1.56. The number of aromatic nitrogens is 1. The van der Waals surface area contributed by atoms with Crippen molar-refractivity contribution < 1.29 is 9.18 Å². The summed E-state index contributed by atoms with van der Waals surface area (Å²) in [7, 11) is 0. The fourth-order valence-corrected chi connectivity index (χ4v) is 3.47. The lowest BCUT2D eigenvalue weighted by molar-refractivity contribution is -0.133. The summed E-state index contributed by atoms with van der Waals surface area (Å²) in [4.78, 5) is 18.8. The molecule has 120 valence electrons. The van der Waals surface area contributed by atoms with Crippen LogP contribution in [0.15, 0.2) is 24.3 Å². The molecule has 4 nitrogen and oxygen atoms in total. The molecule has 1 aliphatic heterocycles. The van der Waals surface area contributed by atoms with Gasteiger partial charge in [0.2, 0.25) is 5.91 Å². The highest BCUT2D eigenvalue weighted by molar-refractivity contribution is 5.83. The van der Waals surface area contributed by atoms with Crippen LogP contribution in [-0.4, -0.2) is 28.9 Å². The van der Waals surface area contributed by atoms with E-state index >= 15 is 0 Å². The number of nitrogens with zero attached hydrogens (tertiary/aromatic N) is 2. The van der Waals surface area contributed by atoms with E-state index in [0.717, 1.165) is 55.4 Å². The largest absolute Gasteiger partial charge is 0.397 e. The van der Waals surface area contributed by atoms with Gasteiger partial charge in [0.1, 0.15) is 5.82 Å². The van der Waals surface area contributed by atoms with E-state index in [1.807, 2.05) is 11.0 Å². The van der Waals surface area contributed by atoms with E-state index in [0.29, 0.717) is 11.6 Å². The number of hydrogen-bond donors (Lipinski definition) is 1. The van der Waals surface area contributed by atoms with Crippen LogP contribution in [0.1, 0.15) is 37.3 Å². The van der Waals surface area contributed by atoms with Gasteiger partial charge in [-0.3, -0.25) is 9.78 Å². The molecule has 2 fully saturated rings. The fourth-order valence-electron chi connectivity index (χ4n) is 3.47. The Morgan fingerprint density at radius 2 is 1.91 bits per heavy atom. The Morgan fingerprint density at radius 1 is 1.17 bits per heavy atom. The molecule has 4 rings (SSSR count). The third-order valence-electron chi connectivity index (χ3n) is 4.96. The Morgan fingerprint density at radius 3 is 2.61 bits per heavy atom. The van der Waals surface area contributed by atoms with Crippen LogP contribution < -0.4 is 5.73 Å². The van der Waals surface area contributed by atoms with E-state index < -0.39 is 0 Å². The Kier molecular flexibility index (Phi) is 3.43. The minimum Gasteiger partial charge on any atom is -0.397 e. The molecule has 2 aromatic rings. The average Bonchev–Trinajstić information content (AvgIpc) is 3.38. The summed E-state index contributed by atoms with van der Waals surface area (Å²) in [5.41, 5.74) is 8.44. The molecule has 23 heavy (non-hydrogen) atoms. The second-order valence-corrected chi connectivity index (χ2v) is 6.67. The van der Waals surface area contributed by atoms with Crippen molar-refractivity contribution >= 4 is 22.5 Å². The SMILES string of the molecule is Nc1cc2cc(F)ccc2nc1C1CCN(C(=O)C2CC2)CC1. The first-order valence-corrected chi connectivity index (χ1v) is 8.26. The molecule has 0 radical (unpaired) electrons. The number of carbonyl (C=O) groups excluding carboxylic acids is 1. The van der Waals surface area contributed by atoms with Crippen LogP contribution in [0.25, 0.3) is 10.9 Å². The number of nitrogens with two attached hydrogens (primary N) is 1. The summed E-state index contributed by atoms with van der Waals surface area (Å²) in [5.74, 6) is 0.592. The van der Waals surface area contributed by atoms with Crippen LogP contribution in [-0.2, 0) is 4.79 Å². The molecule has 1 aromatic heterocycles. The molecule has 0 spiro atoms. The smallest absolute Gasteiger partial charge is 0.225 e. The number of nitrogen functional groups attached to an aromatic ring is 1. The summed E-state index contributed by atoms with van der Waals surface area (Å²) in [6.07, 6.45) is 3.88. The van der Waals surface area contributed by atoms with Gasteiger partial charge >= 0.3 is 0 Å². The highest BCUT2D eigenvalue weighted by Gasteiger charge is 2.35. The minimum atomic E-state index is -0.279. The molecule has 2 heterocycles. The van der Waals surface area contributed by atoms with Gasteiger partial charge in [-0.15, -0.1) is 0 Å². The molecule has 1 amide bonds. The van der Waals surface area contributed by atoms with E-state index in [4.69, 9.17) is 5.73 Å². The van der Waals surface area contributed by atoms with Gasteiger partial charge in [-0.2, -0.15) is 0 Å². The molecular weight excluding hydrogens is 293 g/mol. The molecule has 1 saturated heterocycles. The van der Waals surface area contributed by atoms with Crippen molar-refractivity contribution in [2.24, 2.45) is 5.92 Å². The third kappa shape index (κ3) is 2.76. The average molecular weight is 313 g/mol. The molecule has 0 unspecified atom stereocenters. The highest BCUT2D eigenvalue weighted by Crippen LogP contribution is 2.36. The number of carbonyl (C=O) groups is 1. The van der Waals surface area contributed by atoms with Crippen LogP contribution in [0.4, 0.5) is 10.1 Å². The Balaban J connectivity index is 1.54. The van der Waals surface area contributed by atoms with Gasteiger partial charge in [-0.05, 0) is 49.9 Å². The van der Waals surface area contributed by atoms with Gasteiger partial charge in [0.15, 0.2) is 0 Å². The third-order valence-corrected chi connectivity index (χ3v) is 4.96. The lowest BCUT2D eigenvalue weighted by atomic mass is 9.91. The van der Waals surface area contributed by atoms with Crippen molar-refractivity contribution in [2.75, 3.05) is 18.8 Å². The van der Waals surface area contributed by atoms with Crippen molar-refractivity contribution in [2.45, 2.75) is 31.6 Å². The number of piperidine rings is 1. The number of halogens is 1. The van der Waals surface area contributed by atoms with Crippen LogP contribution in [0.2, 0.25) is 0 Å². The molecule has 1 aliphatic carbocycles.